The number of ether oxygens (including phenoxy) is 1. The topological polar surface area (TPSA) is 67.4 Å². The molecule has 0 fully saturated rings. The maximum absolute atomic E-state index is 12.3. The van der Waals surface area contributed by atoms with Gasteiger partial charge in [-0.15, -0.1) is 11.3 Å². The molecule has 32 heavy (non-hydrogen) atoms. The van der Waals surface area contributed by atoms with E-state index >= 15 is 0 Å². The van der Waals surface area contributed by atoms with Gasteiger partial charge >= 0.3 is 0 Å². The van der Waals surface area contributed by atoms with Crippen LogP contribution >= 0.6 is 22.9 Å². The van der Waals surface area contributed by atoms with Gasteiger partial charge in [-0.3, -0.25) is 9.78 Å². The molecule has 4 aromatic rings. The summed E-state index contributed by atoms with van der Waals surface area (Å²) in [4.78, 5) is 23.1. The average molecular weight is 463 g/mol. The first-order chi connectivity index (χ1) is 15.7. The highest BCUT2D eigenvalue weighted by atomic mass is 35.5. The summed E-state index contributed by atoms with van der Waals surface area (Å²) in [6, 6.07) is 17.2. The van der Waals surface area contributed by atoms with Crippen LogP contribution in [0.2, 0.25) is 5.02 Å². The molecule has 0 spiro atoms. The summed E-state index contributed by atoms with van der Waals surface area (Å²) >= 11 is 7.82. The van der Waals surface area contributed by atoms with Crippen LogP contribution < -0.4 is 15.0 Å². The maximum atomic E-state index is 12.3. The predicted molar refractivity (Wildman–Crippen MR) is 126 cm³/mol. The van der Waals surface area contributed by atoms with Gasteiger partial charge in [-0.05, 0) is 42.0 Å². The number of rotatable bonds is 5. The molecule has 5 rings (SSSR count). The van der Waals surface area contributed by atoms with Crippen molar-refractivity contribution in [3.63, 3.8) is 0 Å². The lowest BCUT2D eigenvalue weighted by Gasteiger charge is -2.21. The summed E-state index contributed by atoms with van der Waals surface area (Å²) in [6.07, 6.45) is 3.68. The van der Waals surface area contributed by atoms with Crippen molar-refractivity contribution in [2.45, 2.75) is 19.5 Å². The molecule has 0 aliphatic carbocycles. The van der Waals surface area contributed by atoms with Crippen molar-refractivity contribution < 1.29 is 9.53 Å². The van der Waals surface area contributed by atoms with E-state index in [4.69, 9.17) is 21.3 Å². The molecular weight excluding hydrogens is 444 g/mol. The second-order valence-corrected chi connectivity index (χ2v) is 8.61. The van der Waals surface area contributed by atoms with Crippen LogP contribution in [0.1, 0.15) is 16.8 Å². The fourth-order valence-electron chi connectivity index (χ4n) is 3.51. The highest BCUT2D eigenvalue weighted by molar-refractivity contribution is 7.13. The quantitative estimate of drug-likeness (QED) is 0.424. The van der Waals surface area contributed by atoms with E-state index in [9.17, 15) is 4.79 Å². The fourth-order valence-corrected chi connectivity index (χ4v) is 4.51. The van der Waals surface area contributed by atoms with E-state index in [0.717, 1.165) is 39.1 Å². The molecule has 0 bridgehead atoms. The molecular formula is C24H19ClN4O2S. The zero-order chi connectivity index (χ0) is 21.9. The Balaban J connectivity index is 1.36. The molecule has 2 aromatic carbocycles. The highest BCUT2D eigenvalue weighted by Crippen LogP contribution is 2.44. The number of nitrogens with zero attached hydrogens (tertiary/aromatic N) is 3. The van der Waals surface area contributed by atoms with Gasteiger partial charge < -0.3 is 15.0 Å². The monoisotopic (exact) mass is 462 g/mol. The van der Waals surface area contributed by atoms with E-state index < -0.39 is 0 Å². The van der Waals surface area contributed by atoms with E-state index in [1.54, 1.807) is 12.4 Å². The Morgan fingerprint density at radius 3 is 2.84 bits per heavy atom. The van der Waals surface area contributed by atoms with Crippen LogP contribution in [0.15, 0.2) is 72.4 Å². The Labute approximate surface area is 194 Å². The van der Waals surface area contributed by atoms with Gasteiger partial charge in [-0.25, -0.2) is 4.98 Å². The van der Waals surface area contributed by atoms with Crippen molar-refractivity contribution in [2.24, 2.45) is 0 Å². The van der Waals surface area contributed by atoms with E-state index in [0.29, 0.717) is 24.5 Å². The highest BCUT2D eigenvalue weighted by Gasteiger charge is 2.24. The number of halogens is 1. The lowest BCUT2D eigenvalue weighted by Crippen LogP contribution is -2.24. The number of hydrogen-bond donors (Lipinski definition) is 1. The minimum absolute atomic E-state index is 0.0556. The van der Waals surface area contributed by atoms with E-state index in [1.807, 2.05) is 60.0 Å². The Morgan fingerprint density at radius 1 is 1.12 bits per heavy atom. The Hall–Kier alpha value is -3.42. The number of anilines is 2. The van der Waals surface area contributed by atoms with Crippen LogP contribution in [0.3, 0.4) is 0 Å². The molecule has 160 valence electrons. The van der Waals surface area contributed by atoms with E-state index in [-0.39, 0.29) is 5.91 Å². The molecule has 0 unspecified atom stereocenters. The molecule has 2 aromatic heterocycles. The number of carbonyl (C=O) groups excluding carboxylic acids is 1. The number of thiazole rings is 1. The molecule has 6 nitrogen and oxygen atoms in total. The number of para-hydroxylation sites is 1. The summed E-state index contributed by atoms with van der Waals surface area (Å²) in [6.45, 7) is 0.967. The third-order valence-electron chi connectivity index (χ3n) is 5.08. The zero-order valence-electron chi connectivity index (χ0n) is 17.0. The zero-order valence-corrected chi connectivity index (χ0v) is 18.6. The number of amides is 1. The van der Waals surface area contributed by atoms with Gasteiger partial charge in [-0.1, -0.05) is 29.8 Å². The van der Waals surface area contributed by atoms with Crippen LogP contribution in [0.4, 0.5) is 10.8 Å². The van der Waals surface area contributed by atoms with Crippen LogP contribution in [0.25, 0.3) is 0 Å². The molecule has 1 amide bonds. The van der Waals surface area contributed by atoms with Gasteiger partial charge in [0.25, 0.3) is 0 Å². The first kappa shape index (κ1) is 20.5. The van der Waals surface area contributed by atoms with Crippen LogP contribution in [-0.2, 0) is 24.3 Å². The number of hydrogen-bond acceptors (Lipinski definition) is 6. The first-order valence-corrected chi connectivity index (χ1v) is 11.3. The third-order valence-corrected chi connectivity index (χ3v) is 6.23. The van der Waals surface area contributed by atoms with Gasteiger partial charge in [0.05, 0.1) is 30.9 Å². The molecule has 0 atom stereocenters. The normalized spacial score (nSPS) is 12.3. The van der Waals surface area contributed by atoms with Crippen LogP contribution in [0.5, 0.6) is 11.5 Å². The van der Waals surface area contributed by atoms with E-state index in [2.05, 4.69) is 15.2 Å². The summed E-state index contributed by atoms with van der Waals surface area (Å²) in [5, 5.41) is 6.34. The van der Waals surface area contributed by atoms with E-state index in [1.165, 1.54) is 11.3 Å². The predicted octanol–water partition coefficient (Wildman–Crippen LogP) is 5.49. The number of aromatic nitrogens is 2. The second-order valence-electron chi connectivity index (χ2n) is 7.34. The van der Waals surface area contributed by atoms with Crippen molar-refractivity contribution in [1.82, 2.24) is 15.3 Å². The molecule has 0 saturated heterocycles. The van der Waals surface area contributed by atoms with Gasteiger partial charge in [0.15, 0.2) is 10.9 Å². The van der Waals surface area contributed by atoms with Crippen LogP contribution in [-0.4, -0.2) is 15.9 Å². The molecule has 8 heteroatoms. The minimum atomic E-state index is -0.0556. The standard InChI is InChI=1S/C24H19ClN4O2S/c25-18-5-6-22-20(12-18)29(14-17-3-1-2-4-21(17)31-22)24-28-19(15-32-24)13-27-23(30)11-16-7-9-26-10-8-16/h1-10,12,15H,11,13-14H2,(H,27,30). The summed E-state index contributed by atoms with van der Waals surface area (Å²) in [5.74, 6) is 1.49. The summed E-state index contributed by atoms with van der Waals surface area (Å²) < 4.78 is 6.17. The van der Waals surface area contributed by atoms with Gasteiger partial charge in [0.2, 0.25) is 5.91 Å². The Bertz CT molecular complexity index is 1260. The second kappa shape index (κ2) is 8.98. The summed E-state index contributed by atoms with van der Waals surface area (Å²) in [7, 11) is 0. The number of fused-ring (bicyclic) bond motifs is 2. The van der Waals surface area contributed by atoms with Crippen molar-refractivity contribution in [1.29, 1.82) is 0 Å². The molecule has 0 saturated carbocycles. The SMILES string of the molecule is O=C(Cc1ccncc1)NCc1csc(N2Cc3ccccc3Oc3ccc(Cl)cc32)n1. The van der Waals surface area contributed by atoms with Gasteiger partial charge in [0.1, 0.15) is 5.75 Å². The maximum Gasteiger partial charge on any atom is 0.224 e. The van der Waals surface area contributed by atoms with Crippen molar-refractivity contribution in [2.75, 3.05) is 4.90 Å². The lowest BCUT2D eigenvalue weighted by atomic mass is 10.2. The third kappa shape index (κ3) is 4.44. The molecule has 1 aliphatic rings. The smallest absolute Gasteiger partial charge is 0.224 e. The molecule has 1 N–H and O–H groups in total. The lowest BCUT2D eigenvalue weighted by molar-refractivity contribution is -0.120. The minimum Gasteiger partial charge on any atom is -0.455 e. The molecule has 3 heterocycles. The van der Waals surface area contributed by atoms with Crippen LogP contribution in [0, 0.1) is 0 Å². The molecule has 1 aliphatic heterocycles. The average Bonchev–Trinajstić information content (AvgIpc) is 3.21. The largest absolute Gasteiger partial charge is 0.455 e. The number of carbonyl (C=O) groups is 1. The Kier molecular flexibility index (Phi) is 5.75. The first-order valence-electron chi connectivity index (χ1n) is 10.1. The van der Waals surface area contributed by atoms with Gasteiger partial charge in [0, 0.05) is 28.4 Å². The summed E-state index contributed by atoms with van der Waals surface area (Å²) in [5.41, 5.74) is 3.64. The number of benzene rings is 2. The molecule has 0 radical (unpaired) electrons. The van der Waals surface area contributed by atoms with Crippen molar-refractivity contribution >= 4 is 39.7 Å². The van der Waals surface area contributed by atoms with Crippen molar-refractivity contribution in [3.05, 3.63) is 94.2 Å². The Morgan fingerprint density at radius 2 is 1.97 bits per heavy atom. The fraction of sp³-hybridized carbons (Fsp3) is 0.125. The van der Waals surface area contributed by atoms with Gasteiger partial charge in [-0.2, -0.15) is 0 Å². The number of pyridine rings is 1. The van der Waals surface area contributed by atoms with Crippen molar-refractivity contribution in [3.8, 4) is 11.5 Å². The number of nitrogens with one attached hydrogen (secondary N) is 1.